The van der Waals surface area contributed by atoms with Crippen LogP contribution in [0.2, 0.25) is 0 Å². The first-order chi connectivity index (χ1) is 29.6. The predicted molar refractivity (Wildman–Crippen MR) is 217 cm³/mol. The molecule has 23 atom stereocenters. The molecule has 4 aliphatic heterocycles. The molecule has 0 unspecified atom stereocenters. The first kappa shape index (κ1) is 46.8. The van der Waals surface area contributed by atoms with Gasteiger partial charge in [-0.3, -0.25) is 4.79 Å². The van der Waals surface area contributed by atoms with Crippen LogP contribution in [0.5, 0.6) is 0 Å². The number of hydrogen-bond donors (Lipinski definition) is 8. The lowest BCUT2D eigenvalue weighted by Crippen LogP contribution is -2.73. The summed E-state index contributed by atoms with van der Waals surface area (Å²) in [6.07, 6.45) is -11.3. The van der Waals surface area contributed by atoms with E-state index in [0.29, 0.717) is 37.6 Å². The standard InChI is InChI=1S/C46H72O17/c1-40(2)25-7-11-43(5)26(8-12-46-27-15-41(3,20-48)13-14-45(27,21-59-46)28(50)16-44(43,46)6)42(25,4)10-9-29(40)62-37-35(56)32(53)24(19-58-37)61-39-36(33(54)31(52)23(17-47)60-39)63-38-34(55)30(51)22(49)18-57-38/h20,22-27,29-39,47,49,51-56H,7-19,21H2,1-6H3/t22-,23-,24+,25+,26-,27-,29+,30+,31-,32+,33+,34-,35-,36-,37+,38+,39+,41+,42+,43-,44+,45-,46+/m1/s1. The van der Waals surface area contributed by atoms with Gasteiger partial charge in [0.15, 0.2) is 18.9 Å². The van der Waals surface area contributed by atoms with E-state index in [1.54, 1.807) is 0 Å². The molecule has 0 aromatic carbocycles. The molecule has 8 N–H and O–H groups in total. The van der Waals surface area contributed by atoms with Crippen LogP contribution in [0.3, 0.4) is 0 Å². The molecule has 5 aliphatic carbocycles. The van der Waals surface area contributed by atoms with Crippen LogP contribution in [0, 0.1) is 50.2 Å². The van der Waals surface area contributed by atoms with Crippen LogP contribution >= 0.6 is 0 Å². The molecule has 0 aromatic rings. The number of fused-ring (bicyclic) bond motifs is 4. The molecule has 0 amide bonds. The average molecular weight is 897 g/mol. The molecule has 9 rings (SSSR count). The molecule has 4 heterocycles. The Balaban J connectivity index is 0.882. The van der Waals surface area contributed by atoms with Crippen molar-refractivity contribution in [1.82, 2.24) is 0 Å². The molecular formula is C46H72O17. The third-order valence-electron chi connectivity index (χ3n) is 19.6. The van der Waals surface area contributed by atoms with Crippen LogP contribution < -0.4 is 0 Å². The first-order valence-electron chi connectivity index (χ1n) is 23.4. The summed E-state index contributed by atoms with van der Waals surface area (Å²) in [6, 6.07) is 0. The van der Waals surface area contributed by atoms with Crippen LogP contribution in [0.4, 0.5) is 0 Å². The molecule has 17 heteroatoms. The van der Waals surface area contributed by atoms with E-state index in [-0.39, 0.29) is 40.8 Å². The van der Waals surface area contributed by atoms with Crippen LogP contribution in [-0.2, 0) is 42.7 Å². The van der Waals surface area contributed by atoms with Crippen LogP contribution in [0.15, 0.2) is 0 Å². The van der Waals surface area contributed by atoms with Crippen molar-refractivity contribution in [2.75, 3.05) is 26.4 Å². The van der Waals surface area contributed by atoms with Crippen molar-refractivity contribution in [3.05, 3.63) is 0 Å². The molecule has 5 saturated carbocycles. The molecular weight excluding hydrogens is 824 g/mol. The Morgan fingerprint density at radius 1 is 0.698 bits per heavy atom. The van der Waals surface area contributed by atoms with Crippen LogP contribution in [-0.4, -0.2) is 171 Å². The fourth-order valence-corrected chi connectivity index (χ4v) is 15.7. The van der Waals surface area contributed by atoms with E-state index in [4.69, 9.17) is 33.2 Å². The van der Waals surface area contributed by atoms with Gasteiger partial charge >= 0.3 is 0 Å². The van der Waals surface area contributed by atoms with Gasteiger partial charge in [0, 0.05) is 23.2 Å². The van der Waals surface area contributed by atoms with Gasteiger partial charge in [-0.2, -0.15) is 0 Å². The van der Waals surface area contributed by atoms with Crippen molar-refractivity contribution in [3.8, 4) is 0 Å². The van der Waals surface area contributed by atoms with Crippen LogP contribution in [0.25, 0.3) is 0 Å². The van der Waals surface area contributed by atoms with E-state index in [1.165, 1.54) is 0 Å². The molecule has 63 heavy (non-hydrogen) atoms. The summed E-state index contributed by atoms with van der Waals surface area (Å²) >= 11 is 0. The number of aliphatic hydroxyl groups is 8. The quantitative estimate of drug-likeness (QED) is 0.122. The predicted octanol–water partition coefficient (Wildman–Crippen LogP) is 0.491. The molecule has 0 radical (unpaired) electrons. The topological polar surface area (TPSA) is 261 Å². The monoisotopic (exact) mass is 896 g/mol. The van der Waals surface area contributed by atoms with E-state index < -0.39 is 115 Å². The number of aldehydes is 1. The Morgan fingerprint density at radius 2 is 1.38 bits per heavy atom. The molecule has 4 saturated heterocycles. The van der Waals surface area contributed by atoms with E-state index in [0.717, 1.165) is 51.2 Å². The minimum absolute atomic E-state index is 0.0317. The van der Waals surface area contributed by atoms with Gasteiger partial charge in [0.1, 0.15) is 73.1 Å². The van der Waals surface area contributed by atoms with Gasteiger partial charge in [-0.05, 0) is 85.9 Å². The van der Waals surface area contributed by atoms with Crippen molar-refractivity contribution in [3.63, 3.8) is 0 Å². The second-order valence-corrected chi connectivity index (χ2v) is 22.8. The number of aliphatic hydroxyl groups excluding tert-OH is 8. The van der Waals surface area contributed by atoms with Crippen molar-refractivity contribution in [1.29, 1.82) is 0 Å². The summed E-state index contributed by atoms with van der Waals surface area (Å²) in [5.74, 6) is 0.898. The van der Waals surface area contributed by atoms with E-state index in [1.807, 2.05) is 0 Å². The van der Waals surface area contributed by atoms with Crippen molar-refractivity contribution in [2.45, 2.75) is 197 Å². The number of carbonyl (C=O) groups is 2. The molecule has 1 spiro atoms. The fourth-order valence-electron chi connectivity index (χ4n) is 15.7. The Hall–Kier alpha value is -1.26. The van der Waals surface area contributed by atoms with Crippen molar-refractivity contribution >= 4 is 12.1 Å². The highest BCUT2D eigenvalue weighted by molar-refractivity contribution is 5.89. The highest BCUT2D eigenvalue weighted by atomic mass is 16.8. The van der Waals surface area contributed by atoms with Gasteiger partial charge < -0.3 is 78.8 Å². The van der Waals surface area contributed by atoms with Gasteiger partial charge in [-0.1, -0.05) is 41.5 Å². The maximum atomic E-state index is 14.5. The molecule has 358 valence electrons. The van der Waals surface area contributed by atoms with Gasteiger partial charge in [-0.25, -0.2) is 0 Å². The lowest BCUT2D eigenvalue weighted by atomic mass is 9.30. The summed E-state index contributed by atoms with van der Waals surface area (Å²) in [7, 11) is 0. The maximum Gasteiger partial charge on any atom is 0.187 e. The Bertz CT molecular complexity index is 1750. The minimum atomic E-state index is -1.75. The molecule has 9 aliphatic rings. The number of ketones is 1. The summed E-state index contributed by atoms with van der Waals surface area (Å²) in [5.41, 5.74) is -2.45. The summed E-state index contributed by atoms with van der Waals surface area (Å²) < 4.78 is 42.7. The highest BCUT2D eigenvalue weighted by Gasteiger charge is 2.80. The zero-order valence-electron chi connectivity index (χ0n) is 37.5. The molecule has 2 bridgehead atoms. The minimum Gasteiger partial charge on any atom is -0.394 e. The van der Waals surface area contributed by atoms with Crippen molar-refractivity contribution in [2.24, 2.45) is 50.2 Å². The van der Waals surface area contributed by atoms with Crippen LogP contribution in [0.1, 0.15) is 106 Å². The average Bonchev–Trinajstić information content (AvgIpc) is 3.52. The summed E-state index contributed by atoms with van der Waals surface area (Å²) in [4.78, 5) is 26.9. The number of Topliss-reactive ketones (excluding diaryl/α,β-unsaturated/α-hetero) is 1. The lowest BCUT2D eigenvalue weighted by molar-refractivity contribution is -0.378. The summed E-state index contributed by atoms with van der Waals surface area (Å²) in [5, 5.41) is 85.1. The van der Waals surface area contributed by atoms with Gasteiger partial charge in [0.2, 0.25) is 0 Å². The zero-order chi connectivity index (χ0) is 45.4. The third-order valence-corrected chi connectivity index (χ3v) is 19.6. The van der Waals surface area contributed by atoms with Gasteiger partial charge in [-0.15, -0.1) is 0 Å². The highest BCUT2D eigenvalue weighted by Crippen LogP contribution is 2.80. The second kappa shape index (κ2) is 15.9. The first-order valence-corrected chi connectivity index (χ1v) is 23.4. The summed E-state index contributed by atoms with van der Waals surface area (Å²) in [6.45, 7) is 12.8. The van der Waals surface area contributed by atoms with E-state index in [9.17, 15) is 50.4 Å². The smallest absolute Gasteiger partial charge is 0.187 e. The maximum absolute atomic E-state index is 14.5. The fraction of sp³-hybridized carbons (Fsp3) is 0.957. The normalized spacial score (nSPS) is 57.6. The Kier molecular flexibility index (Phi) is 11.8. The second-order valence-electron chi connectivity index (χ2n) is 22.8. The van der Waals surface area contributed by atoms with Gasteiger partial charge in [0.05, 0.1) is 43.5 Å². The van der Waals surface area contributed by atoms with E-state index >= 15 is 0 Å². The van der Waals surface area contributed by atoms with Gasteiger partial charge in [0.25, 0.3) is 0 Å². The molecule has 9 fully saturated rings. The lowest BCUT2D eigenvalue weighted by Gasteiger charge is -2.74. The van der Waals surface area contributed by atoms with Crippen molar-refractivity contribution < 1.29 is 83.6 Å². The molecule has 17 nitrogen and oxygen atoms in total. The number of carbonyl (C=O) groups excluding carboxylic acids is 2. The number of rotatable bonds is 8. The Labute approximate surface area is 369 Å². The number of ether oxygens (including phenoxy) is 7. The largest absolute Gasteiger partial charge is 0.394 e. The van der Waals surface area contributed by atoms with E-state index in [2.05, 4.69) is 41.5 Å². The number of hydrogen-bond acceptors (Lipinski definition) is 17. The third kappa shape index (κ3) is 6.63. The molecule has 0 aromatic heterocycles. The SMILES string of the molecule is CC1(C)[C@@H](O[C@@H]2OC[C@H](O[C@@H]3O[C@H](CO)[C@@H](O)[C@H](O)[C@H]3O[C@@H]3OC[C@@H](O)[C@H](O)[C@H]3O)[C@H](O)[C@H]2O)CC[C@]2(C)[C@H]3CC[C@]45OC[C@@]6(CC[C@](C)(C=O)C[C@H]64)C(=O)C[C@@]5(C)[C@]3(C)CC[C@@H]12. The zero-order valence-corrected chi connectivity index (χ0v) is 37.5. The Morgan fingerprint density at radius 3 is 2.10 bits per heavy atom.